The first-order valence-corrected chi connectivity index (χ1v) is 10.4. The van der Waals surface area contributed by atoms with E-state index in [0.29, 0.717) is 18.0 Å². The van der Waals surface area contributed by atoms with Gasteiger partial charge in [-0.2, -0.15) is 14.8 Å². The Hall–Kier alpha value is -4.54. The fraction of sp³-hybridized carbons (Fsp3) is 0.217. The van der Waals surface area contributed by atoms with Crippen LogP contribution in [0.4, 0.5) is 0 Å². The number of rotatable bonds is 8. The molecule has 0 saturated heterocycles. The molecule has 4 aromatic rings. The van der Waals surface area contributed by atoms with Crippen LogP contribution in [-0.2, 0) is 24.8 Å². The molecule has 34 heavy (non-hydrogen) atoms. The number of methoxy groups -OCH3 is 1. The SMILES string of the molecule is COc1cccc(CNC(=O)CCc2nc(-c3nn(-c4ccccc4)c(=O)n(C)c3=O)no2)c1. The summed E-state index contributed by atoms with van der Waals surface area (Å²) in [5.41, 5.74) is 0.00406. The van der Waals surface area contributed by atoms with E-state index in [2.05, 4.69) is 20.6 Å². The number of aryl methyl sites for hydroxylation is 1. The predicted octanol–water partition coefficient (Wildman–Crippen LogP) is 1.24. The van der Waals surface area contributed by atoms with Crippen LogP contribution in [-0.4, -0.2) is 37.5 Å². The van der Waals surface area contributed by atoms with Gasteiger partial charge in [-0.1, -0.05) is 35.5 Å². The summed E-state index contributed by atoms with van der Waals surface area (Å²) in [5, 5.41) is 10.8. The summed E-state index contributed by atoms with van der Waals surface area (Å²) in [6, 6.07) is 16.1. The van der Waals surface area contributed by atoms with Crippen molar-refractivity contribution >= 4 is 5.91 Å². The normalized spacial score (nSPS) is 10.8. The number of ether oxygens (including phenoxy) is 1. The average molecular weight is 462 g/mol. The van der Waals surface area contributed by atoms with Crippen molar-refractivity contribution in [1.82, 2.24) is 29.8 Å². The van der Waals surface area contributed by atoms with E-state index in [1.807, 2.05) is 24.3 Å². The maximum atomic E-state index is 12.6. The molecule has 0 radical (unpaired) electrons. The Kier molecular flexibility index (Phi) is 6.62. The van der Waals surface area contributed by atoms with Crippen LogP contribution in [0, 0.1) is 0 Å². The Morgan fingerprint density at radius 1 is 1.12 bits per heavy atom. The summed E-state index contributed by atoms with van der Waals surface area (Å²) in [6.07, 6.45) is 0.288. The molecule has 0 fully saturated rings. The van der Waals surface area contributed by atoms with Crippen LogP contribution in [0.3, 0.4) is 0 Å². The van der Waals surface area contributed by atoms with E-state index in [4.69, 9.17) is 9.26 Å². The van der Waals surface area contributed by atoms with Crippen molar-refractivity contribution in [2.24, 2.45) is 7.05 Å². The maximum absolute atomic E-state index is 12.6. The molecular weight excluding hydrogens is 440 g/mol. The van der Waals surface area contributed by atoms with E-state index in [1.165, 1.54) is 7.05 Å². The molecular formula is C23H22N6O5. The molecule has 2 heterocycles. The predicted molar refractivity (Wildman–Crippen MR) is 122 cm³/mol. The van der Waals surface area contributed by atoms with E-state index >= 15 is 0 Å². The molecule has 0 spiro atoms. The van der Waals surface area contributed by atoms with E-state index < -0.39 is 11.2 Å². The molecule has 1 amide bonds. The highest BCUT2D eigenvalue weighted by atomic mass is 16.5. The van der Waals surface area contributed by atoms with Gasteiger partial charge in [0.1, 0.15) is 5.75 Å². The second-order valence-corrected chi connectivity index (χ2v) is 7.38. The third-order valence-electron chi connectivity index (χ3n) is 5.05. The zero-order valence-corrected chi connectivity index (χ0v) is 18.6. The van der Waals surface area contributed by atoms with Crippen LogP contribution in [0.2, 0.25) is 0 Å². The summed E-state index contributed by atoms with van der Waals surface area (Å²) in [4.78, 5) is 41.5. The Morgan fingerprint density at radius 2 is 1.91 bits per heavy atom. The number of aromatic nitrogens is 5. The average Bonchev–Trinajstić information content (AvgIpc) is 3.34. The Bertz CT molecular complexity index is 1420. The van der Waals surface area contributed by atoms with Crippen LogP contribution in [0.1, 0.15) is 17.9 Å². The lowest BCUT2D eigenvalue weighted by atomic mass is 10.2. The van der Waals surface area contributed by atoms with Gasteiger partial charge in [0.2, 0.25) is 17.6 Å². The molecule has 2 aromatic carbocycles. The lowest BCUT2D eigenvalue weighted by molar-refractivity contribution is -0.121. The van der Waals surface area contributed by atoms with Gasteiger partial charge in [0.15, 0.2) is 5.69 Å². The summed E-state index contributed by atoms with van der Waals surface area (Å²) >= 11 is 0. The number of nitrogens with zero attached hydrogens (tertiary/aromatic N) is 5. The van der Waals surface area contributed by atoms with Crippen molar-refractivity contribution < 1.29 is 14.1 Å². The van der Waals surface area contributed by atoms with Crippen molar-refractivity contribution in [3.8, 4) is 23.0 Å². The first-order chi connectivity index (χ1) is 16.5. The molecule has 0 bridgehead atoms. The number of carbonyl (C=O) groups excluding carboxylic acids is 1. The molecule has 1 N–H and O–H groups in total. The zero-order chi connectivity index (χ0) is 24.1. The number of carbonyl (C=O) groups is 1. The minimum Gasteiger partial charge on any atom is -0.497 e. The Morgan fingerprint density at radius 3 is 2.68 bits per heavy atom. The molecule has 0 atom stereocenters. The highest BCUT2D eigenvalue weighted by molar-refractivity contribution is 5.76. The molecule has 4 rings (SSSR count). The number of para-hydroxylation sites is 1. The van der Waals surface area contributed by atoms with Gasteiger partial charge in [-0.25, -0.2) is 4.79 Å². The number of hydrogen-bond acceptors (Lipinski definition) is 8. The molecule has 174 valence electrons. The molecule has 2 aromatic heterocycles. The van der Waals surface area contributed by atoms with E-state index in [9.17, 15) is 14.4 Å². The minimum absolute atomic E-state index is 0.0583. The van der Waals surface area contributed by atoms with Gasteiger partial charge in [0, 0.05) is 26.4 Å². The molecule has 0 aliphatic rings. The first kappa shape index (κ1) is 22.6. The van der Waals surface area contributed by atoms with Crippen LogP contribution in [0.5, 0.6) is 5.75 Å². The fourth-order valence-corrected chi connectivity index (χ4v) is 3.20. The smallest absolute Gasteiger partial charge is 0.351 e. The minimum atomic E-state index is -0.652. The standard InChI is InChI=1S/C23H22N6O5/c1-28-22(31)20(26-29(23(28)32)16-8-4-3-5-9-16)21-25-19(34-27-21)12-11-18(30)24-14-15-7-6-10-17(13-15)33-2/h3-10,13H,11-12,14H2,1-2H3,(H,24,30). The van der Waals surface area contributed by atoms with E-state index in [-0.39, 0.29) is 36.2 Å². The lowest BCUT2D eigenvalue weighted by Gasteiger charge is -2.07. The second kappa shape index (κ2) is 9.94. The molecule has 0 saturated carbocycles. The van der Waals surface area contributed by atoms with E-state index in [1.54, 1.807) is 37.4 Å². The maximum Gasteiger partial charge on any atom is 0.351 e. The molecule has 11 heteroatoms. The van der Waals surface area contributed by atoms with Gasteiger partial charge < -0.3 is 14.6 Å². The molecule has 0 aliphatic heterocycles. The van der Waals surface area contributed by atoms with Crippen molar-refractivity contribution in [3.05, 3.63) is 86.9 Å². The Labute approximate surface area is 193 Å². The summed E-state index contributed by atoms with van der Waals surface area (Å²) in [7, 11) is 2.93. The van der Waals surface area contributed by atoms with Crippen molar-refractivity contribution in [2.45, 2.75) is 19.4 Å². The van der Waals surface area contributed by atoms with Gasteiger partial charge in [-0.15, -0.1) is 0 Å². The highest BCUT2D eigenvalue weighted by Gasteiger charge is 2.19. The van der Waals surface area contributed by atoms with Crippen LogP contribution in [0.25, 0.3) is 17.2 Å². The molecule has 0 unspecified atom stereocenters. The van der Waals surface area contributed by atoms with Crippen LogP contribution in [0.15, 0.2) is 68.7 Å². The summed E-state index contributed by atoms with van der Waals surface area (Å²) in [5.74, 6) is 0.627. The van der Waals surface area contributed by atoms with Gasteiger partial charge in [-0.05, 0) is 29.8 Å². The summed E-state index contributed by atoms with van der Waals surface area (Å²) < 4.78 is 12.4. The van der Waals surface area contributed by atoms with Crippen LogP contribution < -0.4 is 21.3 Å². The molecule has 0 aliphatic carbocycles. The van der Waals surface area contributed by atoms with Gasteiger partial charge in [0.25, 0.3) is 5.56 Å². The quantitative estimate of drug-likeness (QED) is 0.413. The largest absolute Gasteiger partial charge is 0.497 e. The van der Waals surface area contributed by atoms with Gasteiger partial charge in [-0.3, -0.25) is 14.2 Å². The van der Waals surface area contributed by atoms with Crippen LogP contribution >= 0.6 is 0 Å². The first-order valence-electron chi connectivity index (χ1n) is 10.4. The number of hydrogen-bond donors (Lipinski definition) is 1. The monoisotopic (exact) mass is 462 g/mol. The summed E-state index contributed by atoms with van der Waals surface area (Å²) in [6.45, 7) is 0.353. The van der Waals surface area contributed by atoms with E-state index in [0.717, 1.165) is 14.8 Å². The Balaban J connectivity index is 1.45. The third-order valence-corrected chi connectivity index (χ3v) is 5.05. The third kappa shape index (κ3) is 4.93. The van der Waals surface area contributed by atoms with Crippen molar-refractivity contribution in [1.29, 1.82) is 0 Å². The fourth-order valence-electron chi connectivity index (χ4n) is 3.20. The number of nitrogens with one attached hydrogen (secondary N) is 1. The molecule has 11 nitrogen and oxygen atoms in total. The van der Waals surface area contributed by atoms with Crippen molar-refractivity contribution in [2.75, 3.05) is 7.11 Å². The highest BCUT2D eigenvalue weighted by Crippen LogP contribution is 2.13. The van der Waals surface area contributed by atoms with Crippen molar-refractivity contribution in [3.63, 3.8) is 0 Å². The zero-order valence-electron chi connectivity index (χ0n) is 18.6. The second-order valence-electron chi connectivity index (χ2n) is 7.38. The number of benzene rings is 2. The lowest BCUT2D eigenvalue weighted by Crippen LogP contribution is -2.40. The van der Waals surface area contributed by atoms with Gasteiger partial charge in [0.05, 0.1) is 12.8 Å². The number of amides is 1. The van der Waals surface area contributed by atoms with Gasteiger partial charge >= 0.3 is 5.69 Å². The topological polar surface area (TPSA) is 134 Å².